The highest BCUT2D eigenvalue weighted by molar-refractivity contribution is 5.29. The van der Waals surface area contributed by atoms with Gasteiger partial charge in [-0.15, -0.1) is 0 Å². The molecule has 3 nitrogen and oxygen atoms in total. The van der Waals surface area contributed by atoms with Gasteiger partial charge >= 0.3 is 0 Å². The molecule has 0 saturated heterocycles. The molecule has 1 aliphatic rings. The summed E-state index contributed by atoms with van der Waals surface area (Å²) < 4.78 is 12.5. The minimum absolute atomic E-state index is 0.123. The molecule has 1 aliphatic carbocycles. The van der Waals surface area contributed by atoms with Gasteiger partial charge in [0.05, 0.1) is 12.4 Å². The Morgan fingerprint density at radius 1 is 1.38 bits per heavy atom. The van der Waals surface area contributed by atoms with Crippen molar-refractivity contribution in [1.29, 1.82) is 0 Å². The number of hydrogen-bond acceptors (Lipinski definition) is 3. The lowest BCUT2D eigenvalue weighted by Crippen LogP contribution is -2.42. The minimum Gasteiger partial charge on any atom is -0.349 e. The molecule has 4 heteroatoms. The molecule has 0 radical (unpaired) electrons. The average molecular weight is 181 g/mol. The highest BCUT2D eigenvalue weighted by Crippen LogP contribution is 2.33. The first-order valence-electron chi connectivity index (χ1n) is 4.44. The maximum absolute atomic E-state index is 12.5. The van der Waals surface area contributed by atoms with Crippen molar-refractivity contribution >= 4 is 5.95 Å². The topological polar surface area (TPSA) is 37.8 Å². The van der Waals surface area contributed by atoms with Gasteiger partial charge in [-0.25, -0.2) is 14.4 Å². The van der Waals surface area contributed by atoms with E-state index in [-0.39, 0.29) is 5.54 Å². The van der Waals surface area contributed by atoms with Crippen LogP contribution in [0, 0.1) is 5.82 Å². The second-order valence-corrected chi connectivity index (χ2v) is 3.76. The van der Waals surface area contributed by atoms with E-state index in [1.165, 1.54) is 18.8 Å². The highest BCUT2D eigenvalue weighted by atomic mass is 19.1. The van der Waals surface area contributed by atoms with Crippen LogP contribution < -0.4 is 5.32 Å². The lowest BCUT2D eigenvalue weighted by molar-refractivity contribution is 0.304. The van der Waals surface area contributed by atoms with Gasteiger partial charge in [0.2, 0.25) is 5.95 Å². The molecule has 1 heterocycles. The molecule has 1 aromatic rings. The molecule has 1 aromatic heterocycles. The SMILES string of the molecule is CC1(Nc2ncc(F)cn2)CCC1. The van der Waals surface area contributed by atoms with Crippen LogP contribution in [0.25, 0.3) is 0 Å². The summed E-state index contributed by atoms with van der Waals surface area (Å²) in [4.78, 5) is 7.70. The number of rotatable bonds is 2. The van der Waals surface area contributed by atoms with E-state index in [2.05, 4.69) is 22.2 Å². The van der Waals surface area contributed by atoms with E-state index in [4.69, 9.17) is 0 Å². The van der Waals surface area contributed by atoms with E-state index < -0.39 is 5.82 Å². The van der Waals surface area contributed by atoms with Gasteiger partial charge in [0, 0.05) is 5.54 Å². The van der Waals surface area contributed by atoms with Crippen molar-refractivity contribution in [2.75, 3.05) is 5.32 Å². The quantitative estimate of drug-likeness (QED) is 0.758. The third kappa shape index (κ3) is 1.76. The summed E-state index contributed by atoms with van der Waals surface area (Å²) in [7, 11) is 0. The summed E-state index contributed by atoms with van der Waals surface area (Å²) >= 11 is 0. The molecule has 1 N–H and O–H groups in total. The minimum atomic E-state index is -0.399. The van der Waals surface area contributed by atoms with Crippen LogP contribution in [0.2, 0.25) is 0 Å². The fourth-order valence-corrected chi connectivity index (χ4v) is 1.48. The zero-order chi connectivity index (χ0) is 9.31. The average Bonchev–Trinajstić information content (AvgIpc) is 2.06. The molecule has 13 heavy (non-hydrogen) atoms. The van der Waals surface area contributed by atoms with E-state index >= 15 is 0 Å². The lowest BCUT2D eigenvalue weighted by Gasteiger charge is -2.39. The number of hydrogen-bond donors (Lipinski definition) is 1. The highest BCUT2D eigenvalue weighted by Gasteiger charge is 2.31. The monoisotopic (exact) mass is 181 g/mol. The van der Waals surface area contributed by atoms with Crippen LogP contribution in [0.3, 0.4) is 0 Å². The number of halogens is 1. The summed E-state index contributed by atoms with van der Waals surface area (Å²) in [6.45, 7) is 2.13. The third-order valence-corrected chi connectivity index (χ3v) is 2.49. The van der Waals surface area contributed by atoms with Gasteiger partial charge in [-0.3, -0.25) is 0 Å². The number of aromatic nitrogens is 2. The normalized spacial score (nSPS) is 19.2. The van der Waals surface area contributed by atoms with E-state index in [0.29, 0.717) is 5.95 Å². The first-order chi connectivity index (χ1) is 6.18. The van der Waals surface area contributed by atoms with E-state index in [9.17, 15) is 4.39 Å². The van der Waals surface area contributed by atoms with Gasteiger partial charge in [-0.2, -0.15) is 0 Å². The second kappa shape index (κ2) is 2.94. The predicted molar refractivity (Wildman–Crippen MR) is 47.9 cm³/mol. The number of nitrogens with zero attached hydrogens (tertiary/aromatic N) is 2. The molecular weight excluding hydrogens is 169 g/mol. The zero-order valence-corrected chi connectivity index (χ0v) is 7.55. The van der Waals surface area contributed by atoms with Crippen molar-refractivity contribution in [1.82, 2.24) is 9.97 Å². The molecule has 2 rings (SSSR count). The molecule has 1 fully saturated rings. The fourth-order valence-electron chi connectivity index (χ4n) is 1.48. The van der Waals surface area contributed by atoms with Crippen molar-refractivity contribution in [3.8, 4) is 0 Å². The second-order valence-electron chi connectivity index (χ2n) is 3.76. The summed E-state index contributed by atoms with van der Waals surface area (Å²) in [5, 5.41) is 3.19. The standard InChI is InChI=1S/C9H12FN3/c1-9(3-2-4-9)13-8-11-5-7(10)6-12-8/h5-6H,2-4H2,1H3,(H,11,12,13). The number of anilines is 1. The maximum atomic E-state index is 12.5. The van der Waals surface area contributed by atoms with E-state index in [0.717, 1.165) is 12.8 Å². The van der Waals surface area contributed by atoms with Gasteiger partial charge in [-0.05, 0) is 26.2 Å². The molecule has 1 saturated carbocycles. The zero-order valence-electron chi connectivity index (χ0n) is 7.55. The van der Waals surface area contributed by atoms with Crippen molar-refractivity contribution in [3.05, 3.63) is 18.2 Å². The predicted octanol–water partition coefficient (Wildman–Crippen LogP) is 1.97. The molecule has 0 aromatic carbocycles. The molecule has 0 spiro atoms. The van der Waals surface area contributed by atoms with Crippen molar-refractivity contribution < 1.29 is 4.39 Å². The molecule has 70 valence electrons. The van der Waals surface area contributed by atoms with E-state index in [1.54, 1.807) is 0 Å². The Labute approximate surface area is 76.4 Å². The molecular formula is C9H12FN3. The van der Waals surface area contributed by atoms with Gasteiger partial charge < -0.3 is 5.32 Å². The van der Waals surface area contributed by atoms with Gasteiger partial charge in [0.1, 0.15) is 0 Å². The Hall–Kier alpha value is -1.19. The van der Waals surface area contributed by atoms with Crippen LogP contribution in [-0.2, 0) is 0 Å². The molecule has 0 atom stereocenters. The number of nitrogens with one attached hydrogen (secondary N) is 1. The third-order valence-electron chi connectivity index (χ3n) is 2.49. The molecule has 0 aliphatic heterocycles. The molecule has 0 bridgehead atoms. The maximum Gasteiger partial charge on any atom is 0.223 e. The summed E-state index contributed by atoms with van der Waals surface area (Å²) in [5.74, 6) is 0.118. The lowest BCUT2D eigenvalue weighted by atomic mass is 9.79. The van der Waals surface area contributed by atoms with Crippen LogP contribution in [0.5, 0.6) is 0 Å². The largest absolute Gasteiger partial charge is 0.349 e. The van der Waals surface area contributed by atoms with Gasteiger partial charge in [0.25, 0.3) is 0 Å². The Morgan fingerprint density at radius 3 is 2.46 bits per heavy atom. The first-order valence-corrected chi connectivity index (χ1v) is 4.44. The van der Waals surface area contributed by atoms with Gasteiger partial charge in [0.15, 0.2) is 5.82 Å². The fraction of sp³-hybridized carbons (Fsp3) is 0.556. The molecule has 0 amide bonds. The van der Waals surface area contributed by atoms with Crippen LogP contribution in [0.4, 0.5) is 10.3 Å². The van der Waals surface area contributed by atoms with E-state index in [1.807, 2.05) is 0 Å². The van der Waals surface area contributed by atoms with Crippen LogP contribution in [-0.4, -0.2) is 15.5 Å². The Bertz CT molecular complexity index is 292. The van der Waals surface area contributed by atoms with Crippen LogP contribution in [0.1, 0.15) is 26.2 Å². The van der Waals surface area contributed by atoms with Crippen molar-refractivity contribution in [2.24, 2.45) is 0 Å². The summed E-state index contributed by atoms with van der Waals surface area (Å²) in [6, 6.07) is 0. The Kier molecular flexibility index (Phi) is 1.90. The van der Waals surface area contributed by atoms with Crippen LogP contribution >= 0.6 is 0 Å². The first kappa shape index (κ1) is 8.41. The van der Waals surface area contributed by atoms with Gasteiger partial charge in [-0.1, -0.05) is 0 Å². The summed E-state index contributed by atoms with van der Waals surface area (Å²) in [5.41, 5.74) is 0.123. The summed E-state index contributed by atoms with van der Waals surface area (Å²) in [6.07, 6.45) is 5.86. The van der Waals surface area contributed by atoms with Crippen LogP contribution in [0.15, 0.2) is 12.4 Å². The molecule has 0 unspecified atom stereocenters. The van der Waals surface area contributed by atoms with Crippen molar-refractivity contribution in [2.45, 2.75) is 31.7 Å². The Morgan fingerprint density at radius 2 is 2.00 bits per heavy atom. The van der Waals surface area contributed by atoms with Crippen molar-refractivity contribution in [3.63, 3.8) is 0 Å². The Balaban J connectivity index is 2.05. The smallest absolute Gasteiger partial charge is 0.223 e.